The number of ketones is 1. The number of carbonyl (C=O) groups excluding carboxylic acids is 2. The SMILES string of the molecule is COc1ccc(C2C(=C(O)c3ccc(C)cc3)C(=O)C(=O)N2c2nc(C)c(C)s2)cc1. The first-order valence-corrected chi connectivity index (χ1v) is 10.6. The normalized spacial score (nSPS) is 17.9. The summed E-state index contributed by atoms with van der Waals surface area (Å²) in [5.41, 5.74) is 3.03. The first-order valence-electron chi connectivity index (χ1n) is 9.78. The number of thiazole rings is 1. The lowest BCUT2D eigenvalue weighted by atomic mass is 9.95. The molecule has 1 atom stereocenters. The fraction of sp³-hybridized carbons (Fsp3) is 0.208. The molecule has 3 aromatic rings. The van der Waals surface area contributed by atoms with E-state index in [1.54, 1.807) is 43.5 Å². The van der Waals surface area contributed by atoms with Gasteiger partial charge in [0.25, 0.3) is 5.78 Å². The van der Waals surface area contributed by atoms with Crippen molar-refractivity contribution < 1.29 is 19.4 Å². The van der Waals surface area contributed by atoms with E-state index in [9.17, 15) is 14.7 Å². The second-order valence-corrected chi connectivity index (χ2v) is 8.63. The van der Waals surface area contributed by atoms with Gasteiger partial charge < -0.3 is 9.84 Å². The van der Waals surface area contributed by atoms with Crippen molar-refractivity contribution in [1.29, 1.82) is 0 Å². The molecule has 4 rings (SSSR count). The zero-order chi connectivity index (χ0) is 22.3. The summed E-state index contributed by atoms with van der Waals surface area (Å²) in [5, 5.41) is 11.5. The molecule has 1 aliphatic rings. The molecule has 1 aromatic heterocycles. The molecule has 0 saturated carbocycles. The predicted octanol–water partition coefficient (Wildman–Crippen LogP) is 4.70. The molecule has 6 nitrogen and oxygen atoms in total. The van der Waals surface area contributed by atoms with Gasteiger partial charge in [0.2, 0.25) is 0 Å². The number of methoxy groups -OCH3 is 1. The van der Waals surface area contributed by atoms with Crippen LogP contribution in [0.25, 0.3) is 5.76 Å². The number of aromatic nitrogens is 1. The van der Waals surface area contributed by atoms with Crippen LogP contribution in [0, 0.1) is 20.8 Å². The van der Waals surface area contributed by atoms with Crippen molar-refractivity contribution >= 4 is 33.9 Å². The molecule has 158 valence electrons. The summed E-state index contributed by atoms with van der Waals surface area (Å²) in [6, 6.07) is 13.5. The Morgan fingerprint density at radius 3 is 2.23 bits per heavy atom. The van der Waals surface area contributed by atoms with Gasteiger partial charge in [-0.25, -0.2) is 4.98 Å². The van der Waals surface area contributed by atoms with Gasteiger partial charge in [-0.3, -0.25) is 14.5 Å². The summed E-state index contributed by atoms with van der Waals surface area (Å²) in [4.78, 5) is 33.1. The number of hydrogen-bond donors (Lipinski definition) is 1. The van der Waals surface area contributed by atoms with E-state index >= 15 is 0 Å². The lowest BCUT2D eigenvalue weighted by Crippen LogP contribution is -2.29. The number of aryl methyl sites for hydroxylation is 3. The highest BCUT2D eigenvalue weighted by molar-refractivity contribution is 7.16. The highest BCUT2D eigenvalue weighted by Crippen LogP contribution is 2.43. The van der Waals surface area contributed by atoms with Crippen molar-refractivity contribution in [2.75, 3.05) is 12.0 Å². The minimum atomic E-state index is -0.794. The first kappa shape index (κ1) is 20.8. The molecule has 2 heterocycles. The lowest BCUT2D eigenvalue weighted by Gasteiger charge is -2.23. The minimum Gasteiger partial charge on any atom is -0.507 e. The predicted molar refractivity (Wildman–Crippen MR) is 121 cm³/mol. The van der Waals surface area contributed by atoms with Crippen LogP contribution in [0.3, 0.4) is 0 Å². The number of aliphatic hydroxyl groups is 1. The quantitative estimate of drug-likeness (QED) is 0.366. The second kappa shape index (κ2) is 8.00. The Labute approximate surface area is 184 Å². The van der Waals surface area contributed by atoms with Crippen molar-refractivity contribution in [3.8, 4) is 5.75 Å². The van der Waals surface area contributed by atoms with Crippen molar-refractivity contribution in [2.45, 2.75) is 26.8 Å². The number of amides is 1. The second-order valence-electron chi connectivity index (χ2n) is 7.45. The third-order valence-electron chi connectivity index (χ3n) is 5.42. The first-order chi connectivity index (χ1) is 14.8. The van der Waals surface area contributed by atoms with Crippen LogP contribution in [0.1, 0.15) is 33.3 Å². The van der Waals surface area contributed by atoms with E-state index in [0.29, 0.717) is 22.0 Å². The van der Waals surface area contributed by atoms with Crippen LogP contribution in [-0.2, 0) is 9.59 Å². The number of ether oxygens (including phenoxy) is 1. The Bertz CT molecular complexity index is 1170. The van der Waals surface area contributed by atoms with E-state index in [4.69, 9.17) is 4.74 Å². The fourth-order valence-electron chi connectivity index (χ4n) is 3.56. The van der Waals surface area contributed by atoms with Gasteiger partial charge in [-0.1, -0.05) is 42.0 Å². The number of carbonyl (C=O) groups is 2. The van der Waals surface area contributed by atoms with E-state index in [0.717, 1.165) is 16.1 Å². The maximum atomic E-state index is 13.1. The van der Waals surface area contributed by atoms with Crippen LogP contribution >= 0.6 is 11.3 Å². The summed E-state index contributed by atoms with van der Waals surface area (Å²) < 4.78 is 5.24. The number of anilines is 1. The molecule has 1 aliphatic heterocycles. The smallest absolute Gasteiger partial charge is 0.301 e. The number of aliphatic hydroxyl groups excluding tert-OH is 1. The zero-order valence-corrected chi connectivity index (χ0v) is 18.5. The Morgan fingerprint density at radius 1 is 1.03 bits per heavy atom. The third kappa shape index (κ3) is 3.61. The third-order valence-corrected chi connectivity index (χ3v) is 6.50. The average Bonchev–Trinajstić information content (AvgIpc) is 3.23. The molecule has 1 unspecified atom stereocenters. The summed E-state index contributed by atoms with van der Waals surface area (Å²) in [5.74, 6) is -0.987. The molecule has 0 aliphatic carbocycles. The Balaban J connectivity index is 1.93. The van der Waals surface area contributed by atoms with Crippen LogP contribution in [0.4, 0.5) is 5.13 Å². The van der Waals surface area contributed by atoms with Crippen LogP contribution in [-0.4, -0.2) is 28.9 Å². The van der Waals surface area contributed by atoms with E-state index < -0.39 is 17.7 Å². The van der Waals surface area contributed by atoms with Gasteiger partial charge in [-0.2, -0.15) is 0 Å². The molecule has 31 heavy (non-hydrogen) atoms. The monoisotopic (exact) mass is 434 g/mol. The molecule has 7 heteroatoms. The maximum Gasteiger partial charge on any atom is 0.301 e. The topological polar surface area (TPSA) is 79.7 Å². The summed E-state index contributed by atoms with van der Waals surface area (Å²) >= 11 is 1.35. The Kier molecular flexibility index (Phi) is 5.37. The van der Waals surface area contributed by atoms with Gasteiger partial charge in [0.15, 0.2) is 5.13 Å². The summed E-state index contributed by atoms with van der Waals surface area (Å²) in [6.45, 7) is 5.72. The zero-order valence-electron chi connectivity index (χ0n) is 17.7. The van der Waals surface area contributed by atoms with Gasteiger partial charge in [0.05, 0.1) is 24.4 Å². The molecule has 1 amide bonds. The van der Waals surface area contributed by atoms with Crippen molar-refractivity contribution in [3.63, 3.8) is 0 Å². The molecular weight excluding hydrogens is 412 g/mol. The van der Waals surface area contributed by atoms with Crippen molar-refractivity contribution in [2.24, 2.45) is 0 Å². The van der Waals surface area contributed by atoms with E-state index in [1.807, 2.05) is 32.9 Å². The Hall–Kier alpha value is -3.45. The summed E-state index contributed by atoms with van der Waals surface area (Å²) in [6.07, 6.45) is 0. The number of benzene rings is 2. The number of Topliss-reactive ketones (excluding diaryl/α,β-unsaturated/α-hetero) is 1. The molecule has 1 saturated heterocycles. The minimum absolute atomic E-state index is 0.0459. The lowest BCUT2D eigenvalue weighted by molar-refractivity contribution is -0.132. The molecule has 0 radical (unpaired) electrons. The molecule has 1 fully saturated rings. The fourth-order valence-corrected chi connectivity index (χ4v) is 4.49. The maximum absolute atomic E-state index is 13.1. The van der Waals surface area contributed by atoms with Gasteiger partial charge in [-0.05, 0) is 38.5 Å². The van der Waals surface area contributed by atoms with Gasteiger partial charge in [0, 0.05) is 10.4 Å². The van der Waals surface area contributed by atoms with E-state index in [-0.39, 0.29) is 11.3 Å². The van der Waals surface area contributed by atoms with Gasteiger partial charge >= 0.3 is 5.91 Å². The number of hydrogen-bond acceptors (Lipinski definition) is 6. The molecular formula is C24H22N2O4S. The highest BCUT2D eigenvalue weighted by atomic mass is 32.1. The molecule has 0 spiro atoms. The van der Waals surface area contributed by atoms with Crippen molar-refractivity contribution in [3.05, 3.63) is 81.4 Å². The largest absolute Gasteiger partial charge is 0.507 e. The van der Waals surface area contributed by atoms with Crippen LogP contribution in [0.2, 0.25) is 0 Å². The van der Waals surface area contributed by atoms with Crippen LogP contribution in [0.15, 0.2) is 54.1 Å². The number of rotatable bonds is 4. The standard InChI is InChI=1S/C24H22N2O4S/c1-13-5-7-17(8-6-13)21(27)19-20(16-9-11-18(30-4)12-10-16)26(23(29)22(19)28)24-25-14(2)15(3)31-24/h5-12,20,27H,1-4H3. The molecule has 1 N–H and O–H groups in total. The van der Waals surface area contributed by atoms with Gasteiger partial charge in [0.1, 0.15) is 11.5 Å². The van der Waals surface area contributed by atoms with Crippen LogP contribution < -0.4 is 9.64 Å². The average molecular weight is 435 g/mol. The molecule has 0 bridgehead atoms. The number of nitrogens with zero attached hydrogens (tertiary/aromatic N) is 2. The van der Waals surface area contributed by atoms with Crippen LogP contribution in [0.5, 0.6) is 5.75 Å². The molecule has 2 aromatic carbocycles. The summed E-state index contributed by atoms with van der Waals surface area (Å²) in [7, 11) is 1.57. The Morgan fingerprint density at radius 2 is 1.68 bits per heavy atom. The van der Waals surface area contributed by atoms with E-state index in [1.165, 1.54) is 16.2 Å². The van der Waals surface area contributed by atoms with Crippen molar-refractivity contribution in [1.82, 2.24) is 4.98 Å². The van der Waals surface area contributed by atoms with E-state index in [2.05, 4.69) is 4.98 Å². The highest BCUT2D eigenvalue weighted by Gasteiger charge is 2.48. The van der Waals surface area contributed by atoms with Gasteiger partial charge in [-0.15, -0.1) is 11.3 Å².